The van der Waals surface area contributed by atoms with Crippen LogP contribution in [-0.2, 0) is 5.41 Å². The van der Waals surface area contributed by atoms with Crippen molar-refractivity contribution in [3.05, 3.63) is 65.1 Å². The minimum absolute atomic E-state index is 0.0147. The second-order valence-corrected chi connectivity index (χ2v) is 6.53. The van der Waals surface area contributed by atoms with Crippen molar-refractivity contribution in [1.29, 1.82) is 0 Å². The number of fused-ring (bicyclic) bond motifs is 1. The number of carbonyl (C=O) groups is 1. The van der Waals surface area contributed by atoms with Crippen molar-refractivity contribution >= 4 is 28.4 Å². The summed E-state index contributed by atoms with van der Waals surface area (Å²) in [4.78, 5) is 19.5. The van der Waals surface area contributed by atoms with Gasteiger partial charge in [-0.2, -0.15) is 0 Å². The van der Waals surface area contributed by atoms with Crippen LogP contribution in [0.15, 0.2) is 48.9 Å². The number of nitrogens with zero attached hydrogens (tertiary/aromatic N) is 1. The largest absolute Gasteiger partial charge is 0.361 e. The molecule has 1 aliphatic rings. The topological polar surface area (TPSA) is 57.8 Å². The molecule has 1 aliphatic carbocycles. The Labute approximate surface area is 138 Å². The van der Waals surface area contributed by atoms with E-state index in [0.717, 1.165) is 28.8 Å². The highest BCUT2D eigenvalue weighted by Crippen LogP contribution is 2.50. The molecular weight excluding hydrogens is 310 g/mol. The van der Waals surface area contributed by atoms with Crippen LogP contribution >= 0.6 is 11.6 Å². The molecule has 4 rings (SSSR count). The standard InChI is InChI=1S/C18H16ClN3O/c19-13-3-4-16-14(8-13)15(10-21-16)18(5-6-18)11-22-17(23)12-2-1-7-20-9-12/h1-4,7-10,21H,5-6,11H2,(H,22,23). The number of H-pyrrole nitrogens is 1. The van der Waals surface area contributed by atoms with E-state index in [2.05, 4.69) is 15.3 Å². The Morgan fingerprint density at radius 2 is 2.22 bits per heavy atom. The number of hydrogen-bond acceptors (Lipinski definition) is 2. The first kappa shape index (κ1) is 14.3. The predicted molar refractivity (Wildman–Crippen MR) is 90.8 cm³/mol. The summed E-state index contributed by atoms with van der Waals surface area (Å²) in [6.45, 7) is 0.625. The maximum absolute atomic E-state index is 12.2. The van der Waals surface area contributed by atoms with Gasteiger partial charge in [0, 0.05) is 46.5 Å². The van der Waals surface area contributed by atoms with Crippen LogP contribution in [0.4, 0.5) is 0 Å². The summed E-state index contributed by atoms with van der Waals surface area (Å²) in [7, 11) is 0. The van der Waals surface area contributed by atoms with E-state index < -0.39 is 0 Å². The number of aromatic amines is 1. The molecule has 0 bridgehead atoms. The van der Waals surface area contributed by atoms with E-state index >= 15 is 0 Å². The van der Waals surface area contributed by atoms with Crippen LogP contribution in [0.25, 0.3) is 10.9 Å². The van der Waals surface area contributed by atoms with Crippen molar-refractivity contribution < 1.29 is 4.79 Å². The Balaban J connectivity index is 1.56. The maximum atomic E-state index is 12.2. The van der Waals surface area contributed by atoms with E-state index in [1.807, 2.05) is 24.4 Å². The predicted octanol–water partition coefficient (Wildman–Crippen LogP) is 3.68. The fourth-order valence-electron chi connectivity index (χ4n) is 3.07. The van der Waals surface area contributed by atoms with Crippen molar-refractivity contribution in [1.82, 2.24) is 15.3 Å². The average Bonchev–Trinajstić information content (AvgIpc) is 3.25. The Bertz CT molecular complexity index is 868. The van der Waals surface area contributed by atoms with Crippen LogP contribution in [0.5, 0.6) is 0 Å². The molecule has 0 saturated heterocycles. The van der Waals surface area contributed by atoms with E-state index in [0.29, 0.717) is 12.1 Å². The molecule has 0 spiro atoms. The van der Waals surface area contributed by atoms with Crippen LogP contribution in [0.3, 0.4) is 0 Å². The van der Waals surface area contributed by atoms with Crippen LogP contribution in [0, 0.1) is 0 Å². The van der Waals surface area contributed by atoms with Crippen molar-refractivity contribution in [3.63, 3.8) is 0 Å². The summed E-state index contributed by atoms with van der Waals surface area (Å²) in [5.74, 6) is -0.0813. The molecule has 0 aliphatic heterocycles. The number of pyridine rings is 1. The second-order valence-electron chi connectivity index (χ2n) is 6.10. The summed E-state index contributed by atoms with van der Waals surface area (Å²) in [6, 6.07) is 9.40. The lowest BCUT2D eigenvalue weighted by Gasteiger charge is -2.16. The zero-order valence-corrected chi connectivity index (χ0v) is 13.2. The fourth-order valence-corrected chi connectivity index (χ4v) is 3.24. The van der Waals surface area contributed by atoms with Gasteiger partial charge in [-0.3, -0.25) is 9.78 Å². The SMILES string of the molecule is O=C(NCC1(c2c[nH]c3ccc(Cl)cc23)CC1)c1cccnc1. The van der Waals surface area contributed by atoms with E-state index in [9.17, 15) is 4.79 Å². The fraction of sp³-hybridized carbons (Fsp3) is 0.222. The van der Waals surface area contributed by atoms with E-state index in [1.165, 1.54) is 5.56 Å². The maximum Gasteiger partial charge on any atom is 0.252 e. The lowest BCUT2D eigenvalue weighted by molar-refractivity contribution is 0.0949. The lowest BCUT2D eigenvalue weighted by Crippen LogP contribution is -2.32. The molecule has 2 heterocycles. The average molecular weight is 326 g/mol. The van der Waals surface area contributed by atoms with Crippen molar-refractivity contribution in [2.24, 2.45) is 0 Å². The number of nitrogens with one attached hydrogen (secondary N) is 2. The van der Waals surface area contributed by atoms with Crippen LogP contribution < -0.4 is 5.32 Å². The van der Waals surface area contributed by atoms with Gasteiger partial charge in [0.15, 0.2) is 0 Å². The lowest BCUT2D eigenvalue weighted by atomic mass is 9.95. The van der Waals surface area contributed by atoms with Gasteiger partial charge >= 0.3 is 0 Å². The van der Waals surface area contributed by atoms with Crippen LogP contribution in [-0.4, -0.2) is 22.4 Å². The van der Waals surface area contributed by atoms with Crippen molar-refractivity contribution in [2.45, 2.75) is 18.3 Å². The monoisotopic (exact) mass is 325 g/mol. The van der Waals surface area contributed by atoms with Crippen LogP contribution in [0.1, 0.15) is 28.8 Å². The smallest absolute Gasteiger partial charge is 0.252 e. The highest BCUT2D eigenvalue weighted by atomic mass is 35.5. The Hall–Kier alpha value is -2.33. The number of hydrogen-bond donors (Lipinski definition) is 2. The van der Waals surface area contributed by atoms with Gasteiger partial charge < -0.3 is 10.3 Å². The Morgan fingerprint density at radius 3 is 2.96 bits per heavy atom. The minimum atomic E-state index is -0.0813. The number of halogens is 1. The number of carbonyl (C=O) groups excluding carboxylic acids is 1. The number of amides is 1. The molecule has 1 saturated carbocycles. The van der Waals surface area contributed by atoms with E-state index in [-0.39, 0.29) is 11.3 Å². The number of benzene rings is 1. The zero-order valence-electron chi connectivity index (χ0n) is 12.5. The first-order valence-corrected chi connectivity index (χ1v) is 8.01. The summed E-state index contributed by atoms with van der Waals surface area (Å²) >= 11 is 6.14. The molecule has 0 radical (unpaired) electrons. The Morgan fingerprint density at radius 1 is 1.35 bits per heavy atom. The second kappa shape index (κ2) is 5.39. The number of rotatable bonds is 4. The van der Waals surface area contributed by atoms with E-state index in [1.54, 1.807) is 24.5 Å². The molecule has 2 N–H and O–H groups in total. The highest BCUT2D eigenvalue weighted by molar-refractivity contribution is 6.31. The van der Waals surface area contributed by atoms with Gasteiger partial charge in [-0.15, -0.1) is 0 Å². The summed E-state index contributed by atoms with van der Waals surface area (Å²) in [5, 5.41) is 4.92. The van der Waals surface area contributed by atoms with Gasteiger partial charge in [0.25, 0.3) is 5.91 Å². The number of aromatic nitrogens is 2. The van der Waals surface area contributed by atoms with E-state index in [4.69, 9.17) is 11.6 Å². The third-order valence-corrected chi connectivity index (χ3v) is 4.81. The molecule has 1 amide bonds. The van der Waals surface area contributed by atoms with Gasteiger partial charge in [0.2, 0.25) is 0 Å². The molecule has 4 nitrogen and oxygen atoms in total. The molecule has 0 atom stereocenters. The molecular formula is C18H16ClN3O. The van der Waals surface area contributed by atoms with Gasteiger partial charge in [-0.25, -0.2) is 0 Å². The van der Waals surface area contributed by atoms with Crippen LogP contribution in [0.2, 0.25) is 5.02 Å². The highest BCUT2D eigenvalue weighted by Gasteiger charge is 2.45. The minimum Gasteiger partial charge on any atom is -0.361 e. The molecule has 23 heavy (non-hydrogen) atoms. The van der Waals surface area contributed by atoms with Crippen molar-refractivity contribution in [2.75, 3.05) is 6.54 Å². The zero-order chi connectivity index (χ0) is 15.9. The first-order chi connectivity index (χ1) is 11.2. The molecule has 1 fully saturated rings. The normalized spacial score (nSPS) is 15.5. The molecule has 2 aromatic heterocycles. The van der Waals surface area contributed by atoms with Crippen molar-refractivity contribution in [3.8, 4) is 0 Å². The summed E-state index contributed by atoms with van der Waals surface area (Å²) in [6.07, 6.45) is 7.43. The quantitative estimate of drug-likeness (QED) is 0.768. The molecule has 5 heteroatoms. The van der Waals surface area contributed by atoms with Gasteiger partial charge in [0.1, 0.15) is 0 Å². The third-order valence-electron chi connectivity index (χ3n) is 4.58. The summed E-state index contributed by atoms with van der Waals surface area (Å²) in [5.41, 5.74) is 2.92. The molecule has 3 aromatic rings. The molecule has 0 unspecified atom stereocenters. The van der Waals surface area contributed by atoms with Gasteiger partial charge in [0.05, 0.1) is 5.56 Å². The Kier molecular flexibility index (Phi) is 3.34. The van der Waals surface area contributed by atoms with Gasteiger partial charge in [-0.05, 0) is 48.7 Å². The van der Waals surface area contributed by atoms with Gasteiger partial charge in [-0.1, -0.05) is 11.6 Å². The third kappa shape index (κ3) is 2.59. The molecule has 1 aromatic carbocycles. The molecule has 116 valence electrons. The summed E-state index contributed by atoms with van der Waals surface area (Å²) < 4.78 is 0. The first-order valence-electron chi connectivity index (χ1n) is 7.63.